The van der Waals surface area contributed by atoms with E-state index in [0.717, 1.165) is 61.2 Å². The maximum atomic E-state index is 13.4. The predicted molar refractivity (Wildman–Crippen MR) is 136 cm³/mol. The standard InChI is InChI=1S/C28H26N4O3/c1-28-26(34-3)17(29-2)12-20(35-28)31-18-10-6-4-8-14(18)21-16-13-30-27(33)23(16)22-15-9-5-7-11-19(15)32(28)25(22)24(21)31/h4-11,17,20,26,29H,12-13H2,1-3H3,(H,30,33)/t17-,20-,26-,28+/m1/s1. The fourth-order valence-electron chi connectivity index (χ4n) is 7.33. The van der Waals surface area contributed by atoms with E-state index in [0.29, 0.717) is 6.54 Å². The molecule has 0 radical (unpaired) electrons. The molecule has 3 aliphatic heterocycles. The van der Waals surface area contributed by atoms with Crippen molar-refractivity contribution >= 4 is 49.5 Å². The van der Waals surface area contributed by atoms with Crippen molar-refractivity contribution in [3.8, 4) is 0 Å². The highest BCUT2D eigenvalue weighted by Gasteiger charge is 2.53. The third-order valence-corrected chi connectivity index (χ3v) is 8.60. The highest BCUT2D eigenvalue weighted by Crippen LogP contribution is 2.53. The molecule has 4 atom stereocenters. The molecule has 1 saturated heterocycles. The summed E-state index contributed by atoms with van der Waals surface area (Å²) in [6.07, 6.45) is 0.364. The minimum atomic E-state index is -0.789. The van der Waals surface area contributed by atoms with Crippen molar-refractivity contribution in [1.82, 2.24) is 19.8 Å². The minimum absolute atomic E-state index is 0.00341. The van der Waals surface area contributed by atoms with Crippen LogP contribution in [-0.4, -0.2) is 41.3 Å². The van der Waals surface area contributed by atoms with Crippen LogP contribution in [0.5, 0.6) is 0 Å². The lowest BCUT2D eigenvalue weighted by Gasteiger charge is -2.48. The van der Waals surface area contributed by atoms with Gasteiger partial charge in [-0.1, -0.05) is 36.4 Å². The van der Waals surface area contributed by atoms with E-state index >= 15 is 0 Å². The van der Waals surface area contributed by atoms with Crippen LogP contribution in [0.1, 0.15) is 35.5 Å². The highest BCUT2D eigenvalue weighted by atomic mass is 16.6. The van der Waals surface area contributed by atoms with Crippen LogP contribution in [0.3, 0.4) is 0 Å². The van der Waals surface area contributed by atoms with Crippen molar-refractivity contribution in [1.29, 1.82) is 0 Å². The lowest BCUT2D eigenvalue weighted by Crippen LogP contribution is -2.59. The van der Waals surface area contributed by atoms with Crippen LogP contribution in [0.2, 0.25) is 0 Å². The minimum Gasteiger partial charge on any atom is -0.375 e. The number of carbonyl (C=O) groups is 1. The Bertz CT molecular complexity index is 1750. The number of hydrogen-bond acceptors (Lipinski definition) is 4. The summed E-state index contributed by atoms with van der Waals surface area (Å²) in [5, 5.41) is 11.0. The monoisotopic (exact) mass is 466 g/mol. The highest BCUT2D eigenvalue weighted by molar-refractivity contribution is 6.31. The van der Waals surface area contributed by atoms with Crippen molar-refractivity contribution in [2.75, 3.05) is 14.2 Å². The topological polar surface area (TPSA) is 69.5 Å². The normalized spacial score (nSPS) is 27.3. The van der Waals surface area contributed by atoms with E-state index in [2.05, 4.69) is 69.2 Å². The number of para-hydroxylation sites is 2. The Balaban J connectivity index is 1.72. The Kier molecular flexibility index (Phi) is 3.65. The average molecular weight is 467 g/mol. The molecule has 0 unspecified atom stereocenters. The fraction of sp³-hybridized carbons (Fsp3) is 0.321. The van der Waals surface area contributed by atoms with Crippen LogP contribution in [0.25, 0.3) is 43.6 Å². The van der Waals surface area contributed by atoms with E-state index in [9.17, 15) is 4.79 Å². The van der Waals surface area contributed by atoms with Gasteiger partial charge >= 0.3 is 0 Å². The number of fused-ring (bicyclic) bond motifs is 13. The number of benzene rings is 3. The SMILES string of the molecule is CN[C@@H]1C[C@H]2O[C@@](C)([C@@H]1OC)n1c3ccccc3c3c4c(c5c6ccccc6n2c5c31)CNC4=O. The van der Waals surface area contributed by atoms with Gasteiger partial charge in [-0.3, -0.25) is 4.79 Å². The van der Waals surface area contributed by atoms with Crippen LogP contribution in [-0.2, 0) is 21.7 Å². The number of carbonyl (C=O) groups excluding carboxylic acids is 1. The van der Waals surface area contributed by atoms with Gasteiger partial charge in [0.2, 0.25) is 0 Å². The summed E-state index contributed by atoms with van der Waals surface area (Å²) in [5.41, 5.74) is 5.48. The van der Waals surface area contributed by atoms with Crippen molar-refractivity contribution < 1.29 is 14.3 Å². The molecule has 5 heterocycles. The zero-order valence-electron chi connectivity index (χ0n) is 19.9. The number of methoxy groups -OCH3 is 1. The number of hydrogen-bond donors (Lipinski definition) is 2. The second-order valence-electron chi connectivity index (χ2n) is 10.1. The first-order chi connectivity index (χ1) is 17.1. The quantitative estimate of drug-likeness (QED) is 0.406. The number of aromatic nitrogens is 2. The first-order valence-electron chi connectivity index (χ1n) is 12.3. The average Bonchev–Trinajstić information content (AvgIpc) is 3.51. The zero-order valence-corrected chi connectivity index (χ0v) is 19.9. The van der Waals surface area contributed by atoms with Gasteiger partial charge in [-0.05, 0) is 31.7 Å². The maximum Gasteiger partial charge on any atom is 0.252 e. The van der Waals surface area contributed by atoms with Crippen LogP contribution >= 0.6 is 0 Å². The lowest BCUT2D eigenvalue weighted by atomic mass is 9.93. The molecule has 8 rings (SSSR count). The Morgan fingerprint density at radius 2 is 1.77 bits per heavy atom. The van der Waals surface area contributed by atoms with Gasteiger partial charge < -0.3 is 29.2 Å². The number of rotatable bonds is 2. The molecule has 5 aromatic rings. The summed E-state index contributed by atoms with van der Waals surface area (Å²) < 4.78 is 17.9. The predicted octanol–water partition coefficient (Wildman–Crippen LogP) is 4.35. The fourth-order valence-corrected chi connectivity index (χ4v) is 7.33. The van der Waals surface area contributed by atoms with Gasteiger partial charge in [0.1, 0.15) is 12.3 Å². The maximum absolute atomic E-state index is 13.4. The first kappa shape index (κ1) is 19.9. The molecule has 2 bridgehead atoms. The van der Waals surface area contributed by atoms with Gasteiger partial charge in [-0.2, -0.15) is 0 Å². The lowest BCUT2D eigenvalue weighted by molar-refractivity contribution is -0.256. The Morgan fingerprint density at radius 1 is 1.06 bits per heavy atom. The van der Waals surface area contributed by atoms with Crippen LogP contribution < -0.4 is 10.6 Å². The molecule has 2 N–H and O–H groups in total. The van der Waals surface area contributed by atoms with E-state index in [1.54, 1.807) is 7.11 Å². The molecule has 3 aliphatic rings. The van der Waals surface area contributed by atoms with Crippen molar-refractivity contribution in [2.45, 2.75) is 44.0 Å². The number of nitrogens with one attached hydrogen (secondary N) is 2. The first-order valence-corrected chi connectivity index (χ1v) is 12.3. The van der Waals surface area contributed by atoms with Crippen molar-refractivity contribution in [3.63, 3.8) is 0 Å². The smallest absolute Gasteiger partial charge is 0.252 e. The molecule has 1 amide bonds. The molecule has 0 aliphatic carbocycles. The molecule has 2 aromatic heterocycles. The molecule has 176 valence electrons. The van der Waals surface area contributed by atoms with Crippen molar-refractivity contribution in [3.05, 3.63) is 59.7 Å². The molecular weight excluding hydrogens is 440 g/mol. The Morgan fingerprint density at radius 3 is 2.51 bits per heavy atom. The molecular formula is C28H26N4O3. The molecule has 7 nitrogen and oxygen atoms in total. The van der Waals surface area contributed by atoms with E-state index in [1.807, 2.05) is 13.1 Å². The van der Waals surface area contributed by atoms with Gasteiger partial charge in [0, 0.05) is 47.7 Å². The van der Waals surface area contributed by atoms with Gasteiger partial charge in [-0.15, -0.1) is 0 Å². The summed E-state index contributed by atoms with van der Waals surface area (Å²) >= 11 is 0. The third kappa shape index (κ3) is 2.12. The third-order valence-electron chi connectivity index (χ3n) is 8.60. The van der Waals surface area contributed by atoms with Gasteiger partial charge in [0.15, 0.2) is 5.72 Å². The molecule has 7 heteroatoms. The molecule has 3 aromatic carbocycles. The molecule has 35 heavy (non-hydrogen) atoms. The molecule has 0 spiro atoms. The summed E-state index contributed by atoms with van der Waals surface area (Å²) in [6, 6.07) is 17.0. The molecule has 0 saturated carbocycles. The number of nitrogens with zero attached hydrogens (tertiary/aromatic N) is 2. The largest absolute Gasteiger partial charge is 0.375 e. The zero-order chi connectivity index (χ0) is 23.6. The summed E-state index contributed by atoms with van der Waals surface area (Å²) in [7, 11) is 3.76. The van der Waals surface area contributed by atoms with Crippen LogP contribution in [0.4, 0.5) is 0 Å². The summed E-state index contributed by atoms with van der Waals surface area (Å²) in [4.78, 5) is 13.4. The summed E-state index contributed by atoms with van der Waals surface area (Å²) in [6.45, 7) is 2.67. The van der Waals surface area contributed by atoms with Crippen LogP contribution in [0.15, 0.2) is 48.5 Å². The Hall–Kier alpha value is -3.39. The number of amides is 1. The van der Waals surface area contributed by atoms with Gasteiger partial charge in [0.05, 0.1) is 27.6 Å². The van der Waals surface area contributed by atoms with Crippen LogP contribution in [0, 0.1) is 0 Å². The number of ether oxygens (including phenoxy) is 2. The van der Waals surface area contributed by atoms with Gasteiger partial charge in [0.25, 0.3) is 5.91 Å². The van der Waals surface area contributed by atoms with E-state index in [-0.39, 0.29) is 24.3 Å². The van der Waals surface area contributed by atoms with E-state index in [1.165, 1.54) is 0 Å². The molecule has 1 fully saturated rings. The number of likely N-dealkylation sites (N-methyl/N-ethyl adjacent to an activating group) is 1. The van der Waals surface area contributed by atoms with E-state index < -0.39 is 5.72 Å². The van der Waals surface area contributed by atoms with Crippen molar-refractivity contribution in [2.24, 2.45) is 0 Å². The second-order valence-corrected chi connectivity index (χ2v) is 10.1. The van der Waals surface area contributed by atoms with Gasteiger partial charge in [-0.25, -0.2) is 0 Å². The summed E-state index contributed by atoms with van der Waals surface area (Å²) in [5.74, 6) is -0.00341. The van der Waals surface area contributed by atoms with E-state index in [4.69, 9.17) is 9.47 Å². The second kappa shape index (κ2) is 6.43. The Labute approximate surface area is 201 Å².